The molecule has 0 radical (unpaired) electrons. The standard InChI is InChI=1S/C34H40F3N5O5S/c1-23(43)39-48(44,45)27-13-14-29(32(17-27)46-3)38-15-5-6-26-16-28-30(7-4-8-31(28)42(26)20-34(35,36)37)40(2)24-9-11-25(12-10-24)41-18-33(19-41)21-47-22-33/h4,7-8,13-14,16-17,24-25,38H,9-12,15,18-22H2,1-3H3,(H,39,43)/t24-,25+. The van der Waals surface area contributed by atoms with Crippen molar-refractivity contribution in [3.8, 4) is 17.6 Å². The molecule has 1 amide bonds. The van der Waals surface area contributed by atoms with E-state index in [1.165, 1.54) is 29.9 Å². The van der Waals surface area contributed by atoms with Crippen LogP contribution in [0.3, 0.4) is 0 Å². The van der Waals surface area contributed by atoms with E-state index in [9.17, 15) is 26.4 Å². The highest BCUT2D eigenvalue weighted by molar-refractivity contribution is 7.90. The number of sulfonamides is 1. The fourth-order valence-electron chi connectivity index (χ4n) is 7.19. The van der Waals surface area contributed by atoms with E-state index >= 15 is 0 Å². The van der Waals surface area contributed by atoms with Gasteiger partial charge in [0.05, 0.1) is 48.7 Å². The van der Waals surface area contributed by atoms with Crippen molar-refractivity contribution in [2.45, 2.75) is 62.3 Å². The van der Waals surface area contributed by atoms with Gasteiger partial charge in [-0.15, -0.1) is 0 Å². The number of hydrogen-bond donors (Lipinski definition) is 2. The number of alkyl halides is 3. The molecule has 3 aliphatic rings. The van der Waals surface area contributed by atoms with Crippen molar-refractivity contribution in [3.63, 3.8) is 0 Å². The molecule has 3 fully saturated rings. The number of anilines is 2. The Balaban J connectivity index is 1.18. The van der Waals surface area contributed by atoms with Crippen molar-refractivity contribution in [1.82, 2.24) is 14.2 Å². The SMILES string of the molecule is COc1cc(S(=O)(=O)NC(C)=O)ccc1NCC#Cc1cc2c(N(C)[C@H]3CC[C@@H](N4CC5(COC5)C4)CC3)cccc2n1CC(F)(F)F. The number of ether oxygens (including phenoxy) is 2. The van der Waals surface area contributed by atoms with Crippen molar-refractivity contribution in [2.24, 2.45) is 5.41 Å². The number of aromatic nitrogens is 1. The van der Waals surface area contributed by atoms with Crippen LogP contribution < -0.4 is 19.7 Å². The molecule has 258 valence electrons. The van der Waals surface area contributed by atoms with Gasteiger partial charge in [-0.05, 0) is 61.9 Å². The minimum Gasteiger partial charge on any atom is -0.495 e. The summed E-state index contributed by atoms with van der Waals surface area (Å²) < 4.78 is 79.9. The molecule has 48 heavy (non-hydrogen) atoms. The zero-order valence-corrected chi connectivity index (χ0v) is 28.0. The maximum absolute atomic E-state index is 13.8. The fourth-order valence-corrected chi connectivity index (χ4v) is 8.20. The molecule has 0 atom stereocenters. The Morgan fingerprint density at radius 1 is 1.12 bits per heavy atom. The Kier molecular flexibility index (Phi) is 9.32. The summed E-state index contributed by atoms with van der Waals surface area (Å²) in [6.07, 6.45) is -0.223. The van der Waals surface area contributed by atoms with Crippen LogP contribution in [0.4, 0.5) is 24.5 Å². The Morgan fingerprint density at radius 2 is 1.85 bits per heavy atom. The first-order valence-corrected chi connectivity index (χ1v) is 17.4. The monoisotopic (exact) mass is 687 g/mol. The molecule has 0 bridgehead atoms. The summed E-state index contributed by atoms with van der Waals surface area (Å²) in [6.45, 7) is 3.95. The van der Waals surface area contributed by atoms with Crippen molar-refractivity contribution in [3.05, 3.63) is 48.2 Å². The number of nitrogens with zero attached hydrogens (tertiary/aromatic N) is 3. The summed E-state index contributed by atoms with van der Waals surface area (Å²) >= 11 is 0. The number of likely N-dealkylation sites (tertiary alicyclic amines) is 1. The van der Waals surface area contributed by atoms with Gasteiger partial charge in [0.25, 0.3) is 10.0 Å². The molecule has 1 aromatic heterocycles. The van der Waals surface area contributed by atoms with Gasteiger partial charge < -0.3 is 24.3 Å². The average molecular weight is 688 g/mol. The van der Waals surface area contributed by atoms with Crippen LogP contribution in [0.2, 0.25) is 0 Å². The van der Waals surface area contributed by atoms with E-state index in [2.05, 4.69) is 27.0 Å². The van der Waals surface area contributed by atoms with Crippen molar-refractivity contribution < 1.29 is 35.9 Å². The Morgan fingerprint density at radius 3 is 2.48 bits per heavy atom. The third kappa shape index (κ3) is 7.09. The van der Waals surface area contributed by atoms with E-state index in [1.54, 1.807) is 18.2 Å². The Labute approximate surface area is 278 Å². The molecule has 3 aromatic rings. The average Bonchev–Trinajstić information content (AvgIpc) is 3.33. The van der Waals surface area contributed by atoms with Crippen LogP contribution in [0.15, 0.2) is 47.4 Å². The molecule has 14 heteroatoms. The van der Waals surface area contributed by atoms with Gasteiger partial charge in [-0.3, -0.25) is 9.69 Å². The number of halogens is 3. The number of methoxy groups -OCH3 is 1. The van der Waals surface area contributed by atoms with Gasteiger partial charge >= 0.3 is 6.18 Å². The molecule has 0 unspecified atom stereocenters. The van der Waals surface area contributed by atoms with E-state index in [0.29, 0.717) is 22.7 Å². The first kappa shape index (κ1) is 34.0. The lowest BCUT2D eigenvalue weighted by atomic mass is 9.75. The van der Waals surface area contributed by atoms with Crippen LogP contribution >= 0.6 is 0 Å². The quantitative estimate of drug-likeness (QED) is 0.316. The van der Waals surface area contributed by atoms with Gasteiger partial charge in [0, 0.05) is 61.7 Å². The lowest BCUT2D eigenvalue weighted by molar-refractivity contribution is -0.200. The van der Waals surface area contributed by atoms with Crippen LogP contribution in [0, 0.1) is 17.3 Å². The third-order valence-electron chi connectivity index (χ3n) is 9.61. The van der Waals surface area contributed by atoms with Crippen LogP contribution in [0.5, 0.6) is 5.75 Å². The smallest absolute Gasteiger partial charge is 0.406 e. The van der Waals surface area contributed by atoms with E-state index in [4.69, 9.17) is 9.47 Å². The molecule has 1 aliphatic carbocycles. The van der Waals surface area contributed by atoms with Gasteiger partial charge in [-0.25, -0.2) is 13.1 Å². The molecular formula is C34H40F3N5O5S. The minimum absolute atomic E-state index is 0.0445. The maximum Gasteiger partial charge on any atom is 0.406 e. The van der Waals surface area contributed by atoms with Crippen molar-refractivity contribution in [1.29, 1.82) is 0 Å². The number of rotatable bonds is 9. The molecule has 2 N–H and O–H groups in total. The number of carbonyl (C=O) groups excluding carboxylic acids is 1. The second kappa shape index (κ2) is 13.2. The maximum atomic E-state index is 13.8. The van der Waals surface area contributed by atoms with Gasteiger partial charge in [-0.2, -0.15) is 13.2 Å². The van der Waals surface area contributed by atoms with Crippen LogP contribution in [0.25, 0.3) is 10.9 Å². The summed E-state index contributed by atoms with van der Waals surface area (Å²) in [6, 6.07) is 12.1. The number of nitrogens with one attached hydrogen (secondary N) is 2. The molecule has 2 aliphatic heterocycles. The second-order valence-electron chi connectivity index (χ2n) is 13.1. The molecule has 6 rings (SSSR count). The molecule has 10 nitrogen and oxygen atoms in total. The van der Waals surface area contributed by atoms with Crippen LogP contribution in [0.1, 0.15) is 38.3 Å². The third-order valence-corrected chi connectivity index (χ3v) is 11.0. The van der Waals surface area contributed by atoms with Crippen LogP contribution in [-0.4, -0.2) is 89.1 Å². The first-order valence-electron chi connectivity index (χ1n) is 16.0. The Bertz CT molecular complexity index is 1850. The lowest BCUT2D eigenvalue weighted by Crippen LogP contribution is -2.68. The Hall–Kier alpha value is -3.93. The highest BCUT2D eigenvalue weighted by atomic mass is 32.2. The molecular weight excluding hydrogens is 647 g/mol. The summed E-state index contributed by atoms with van der Waals surface area (Å²) in [4.78, 5) is 15.9. The summed E-state index contributed by atoms with van der Waals surface area (Å²) in [5, 5.41) is 3.75. The lowest BCUT2D eigenvalue weighted by Gasteiger charge is -2.58. The number of hydrogen-bond acceptors (Lipinski definition) is 8. The van der Waals surface area contributed by atoms with Crippen molar-refractivity contribution in [2.75, 3.05) is 57.2 Å². The van der Waals surface area contributed by atoms with E-state index in [-0.39, 0.29) is 28.9 Å². The molecule has 2 aromatic carbocycles. The zero-order chi connectivity index (χ0) is 34.3. The first-order chi connectivity index (χ1) is 22.8. The second-order valence-corrected chi connectivity index (χ2v) is 14.8. The van der Waals surface area contributed by atoms with Crippen LogP contribution in [-0.2, 0) is 26.1 Å². The predicted octanol–water partition coefficient (Wildman–Crippen LogP) is 4.58. The van der Waals surface area contributed by atoms with Gasteiger partial charge in [0.15, 0.2) is 0 Å². The predicted molar refractivity (Wildman–Crippen MR) is 177 cm³/mol. The summed E-state index contributed by atoms with van der Waals surface area (Å²) in [5.74, 6) is 5.29. The minimum atomic E-state index is -4.45. The number of amides is 1. The number of benzene rings is 2. The largest absolute Gasteiger partial charge is 0.495 e. The van der Waals surface area contributed by atoms with Crippen molar-refractivity contribution >= 4 is 38.2 Å². The number of fused-ring (bicyclic) bond motifs is 1. The molecule has 3 heterocycles. The van der Waals surface area contributed by atoms with Gasteiger partial charge in [-0.1, -0.05) is 12.0 Å². The van der Waals surface area contributed by atoms with Gasteiger partial charge in [0.1, 0.15) is 12.3 Å². The highest BCUT2D eigenvalue weighted by Gasteiger charge is 2.51. The molecule has 1 saturated carbocycles. The van der Waals surface area contributed by atoms with E-state index < -0.39 is 28.7 Å². The molecule has 1 spiro atoms. The normalized spacial score (nSPS) is 20.7. The fraction of sp³-hybridized carbons (Fsp3) is 0.500. The summed E-state index contributed by atoms with van der Waals surface area (Å²) in [7, 11) is -0.674. The van der Waals surface area contributed by atoms with E-state index in [1.807, 2.05) is 17.8 Å². The topological polar surface area (TPSA) is 105 Å². The van der Waals surface area contributed by atoms with E-state index in [0.717, 1.165) is 70.0 Å². The molecule has 2 saturated heterocycles. The highest BCUT2D eigenvalue weighted by Crippen LogP contribution is 2.42. The summed E-state index contributed by atoms with van der Waals surface area (Å²) in [5.41, 5.74) is 2.40. The number of carbonyl (C=O) groups is 1. The van der Waals surface area contributed by atoms with Gasteiger partial charge in [0.2, 0.25) is 5.91 Å². The zero-order valence-electron chi connectivity index (χ0n) is 27.2.